The Labute approximate surface area is 308 Å². The summed E-state index contributed by atoms with van der Waals surface area (Å²) in [5.74, 6) is -3.65. The number of imide groups is 3. The molecular formula is C43H29N3O8. The Hall–Kier alpha value is -7.14. The van der Waals surface area contributed by atoms with Crippen molar-refractivity contribution < 1.29 is 38.4 Å². The predicted molar refractivity (Wildman–Crippen MR) is 197 cm³/mol. The van der Waals surface area contributed by atoms with Crippen LogP contribution in [0.4, 0.5) is 11.4 Å². The van der Waals surface area contributed by atoms with Crippen molar-refractivity contribution in [2.45, 2.75) is 27.2 Å². The molecule has 0 N–H and O–H groups in total. The van der Waals surface area contributed by atoms with Crippen LogP contribution in [0, 0.1) is 13.8 Å². The van der Waals surface area contributed by atoms with Crippen LogP contribution in [0.5, 0.6) is 0 Å². The van der Waals surface area contributed by atoms with Gasteiger partial charge < -0.3 is 0 Å². The van der Waals surface area contributed by atoms with Gasteiger partial charge in [-0.25, -0.2) is 9.80 Å². The van der Waals surface area contributed by atoms with Crippen LogP contribution in [-0.2, 0) is 6.42 Å². The Kier molecular flexibility index (Phi) is 7.70. The monoisotopic (exact) mass is 715 g/mol. The third-order valence-electron chi connectivity index (χ3n) is 10.2. The van der Waals surface area contributed by atoms with Crippen LogP contribution in [0.25, 0.3) is 0 Å². The summed E-state index contributed by atoms with van der Waals surface area (Å²) in [6.45, 7) is 5.01. The molecule has 0 aliphatic carbocycles. The Balaban J connectivity index is 0.998. The van der Waals surface area contributed by atoms with E-state index in [1.807, 2.05) is 31.2 Å². The number of hydrogen-bond acceptors (Lipinski definition) is 8. The van der Waals surface area contributed by atoms with E-state index in [1.54, 1.807) is 25.1 Å². The predicted octanol–water partition coefficient (Wildman–Crippen LogP) is 6.15. The van der Waals surface area contributed by atoms with Crippen molar-refractivity contribution in [3.8, 4) is 0 Å². The third-order valence-corrected chi connectivity index (χ3v) is 10.2. The minimum Gasteiger partial charge on any atom is -0.295 e. The summed E-state index contributed by atoms with van der Waals surface area (Å²) in [7, 11) is 1.37. The quantitative estimate of drug-likeness (QED) is 0.144. The van der Waals surface area contributed by atoms with Gasteiger partial charge in [0.05, 0.1) is 44.8 Å². The first-order valence-corrected chi connectivity index (χ1v) is 17.0. The molecule has 6 amide bonds. The largest absolute Gasteiger partial charge is 0.295 e. The first-order valence-electron chi connectivity index (χ1n) is 17.0. The molecule has 264 valence electrons. The highest BCUT2D eigenvalue weighted by atomic mass is 16.2. The van der Waals surface area contributed by atoms with Gasteiger partial charge in [-0.3, -0.25) is 43.3 Å². The molecule has 5 aromatic carbocycles. The maximum Gasteiger partial charge on any atom is 0.266 e. The molecule has 0 aromatic heterocycles. The number of benzene rings is 5. The highest BCUT2D eigenvalue weighted by molar-refractivity contribution is 6.36. The lowest BCUT2D eigenvalue weighted by molar-refractivity contribution is 0.0690. The number of Topliss-reactive ketones (excluding diaryl/α,β-unsaturated/α-hetero) is 1. The molecule has 0 radical (unpaired) electrons. The molecule has 3 aliphatic rings. The van der Waals surface area contributed by atoms with E-state index < -0.39 is 41.2 Å². The maximum absolute atomic E-state index is 13.7. The molecule has 54 heavy (non-hydrogen) atoms. The van der Waals surface area contributed by atoms with E-state index in [4.69, 9.17) is 0 Å². The fraction of sp³-hybridized carbons (Fsp3) is 0.116. The number of rotatable bonds is 7. The van der Waals surface area contributed by atoms with Gasteiger partial charge in [-0.2, -0.15) is 0 Å². The number of nitrogens with zero attached hydrogens (tertiary/aromatic N) is 3. The molecule has 0 saturated carbocycles. The maximum atomic E-state index is 13.7. The van der Waals surface area contributed by atoms with Gasteiger partial charge in [0.25, 0.3) is 35.4 Å². The van der Waals surface area contributed by atoms with Crippen molar-refractivity contribution in [3.63, 3.8) is 0 Å². The second-order valence-electron chi connectivity index (χ2n) is 13.6. The van der Waals surface area contributed by atoms with Crippen molar-refractivity contribution in [1.29, 1.82) is 0 Å². The summed E-state index contributed by atoms with van der Waals surface area (Å²) in [5, 5.41) is 0. The van der Waals surface area contributed by atoms with Gasteiger partial charge in [0.2, 0.25) is 0 Å². The molecule has 8 rings (SSSR count). The smallest absolute Gasteiger partial charge is 0.266 e. The molecule has 0 bridgehead atoms. The van der Waals surface area contributed by atoms with E-state index >= 15 is 0 Å². The van der Waals surface area contributed by atoms with Crippen LogP contribution in [-0.4, -0.2) is 59.0 Å². The van der Waals surface area contributed by atoms with Gasteiger partial charge in [0.15, 0.2) is 11.6 Å². The number of fused-ring (bicyclic) bond motifs is 3. The molecule has 0 spiro atoms. The zero-order chi connectivity index (χ0) is 38.3. The zero-order valence-electron chi connectivity index (χ0n) is 29.5. The number of carbonyl (C=O) groups excluding carboxylic acids is 8. The summed E-state index contributed by atoms with van der Waals surface area (Å²) in [6.07, 6.45) is 0.485. The van der Waals surface area contributed by atoms with Gasteiger partial charge in [0, 0.05) is 23.7 Å². The van der Waals surface area contributed by atoms with E-state index in [-0.39, 0.29) is 50.3 Å². The minimum absolute atomic E-state index is 0.0781. The second-order valence-corrected chi connectivity index (χ2v) is 13.6. The molecule has 3 aliphatic heterocycles. The lowest BCUT2D eigenvalue weighted by Crippen LogP contribution is -2.30. The van der Waals surface area contributed by atoms with E-state index in [9.17, 15) is 38.4 Å². The first kappa shape index (κ1) is 34.0. The van der Waals surface area contributed by atoms with Crippen LogP contribution in [0.1, 0.15) is 118 Å². The molecule has 5 aromatic rings. The van der Waals surface area contributed by atoms with E-state index in [1.165, 1.54) is 62.5 Å². The summed E-state index contributed by atoms with van der Waals surface area (Å²) >= 11 is 0. The number of amides is 6. The summed E-state index contributed by atoms with van der Waals surface area (Å²) in [4.78, 5) is 107. The highest BCUT2D eigenvalue weighted by Gasteiger charge is 2.40. The topological polar surface area (TPSA) is 146 Å². The van der Waals surface area contributed by atoms with Gasteiger partial charge in [-0.15, -0.1) is 0 Å². The molecule has 11 nitrogen and oxygen atoms in total. The summed E-state index contributed by atoms with van der Waals surface area (Å²) in [5.41, 5.74) is 5.72. The van der Waals surface area contributed by atoms with E-state index in [0.29, 0.717) is 34.5 Å². The number of hydrogen-bond donors (Lipinski definition) is 0. The van der Waals surface area contributed by atoms with Crippen molar-refractivity contribution in [2.75, 3.05) is 16.8 Å². The number of ketones is 2. The van der Waals surface area contributed by atoms with Gasteiger partial charge in [-0.1, -0.05) is 42.5 Å². The summed E-state index contributed by atoms with van der Waals surface area (Å²) in [6, 6.07) is 23.9. The Morgan fingerprint density at radius 2 is 0.833 bits per heavy atom. The lowest BCUT2D eigenvalue weighted by atomic mass is 9.96. The SMILES string of the molecule is CC(=O)c1ccc2c(c1)C(=O)N(c1ccc(Cc3ccc(N4C(=O)c5ccc(C(=O)c6ccc7c(c6)C(=O)N(C)C7=O)cc5C4=O)c(C)c3)cc1C)C2=O. The average molecular weight is 716 g/mol. The lowest BCUT2D eigenvalue weighted by Gasteiger charge is -2.19. The van der Waals surface area contributed by atoms with Crippen LogP contribution in [0.3, 0.4) is 0 Å². The number of carbonyl (C=O) groups is 8. The number of aryl methyl sites for hydroxylation is 2. The molecule has 0 saturated heterocycles. The first-order chi connectivity index (χ1) is 25.7. The van der Waals surface area contributed by atoms with E-state index in [2.05, 4.69) is 0 Å². The van der Waals surface area contributed by atoms with Crippen LogP contribution in [0.15, 0.2) is 91.0 Å². The van der Waals surface area contributed by atoms with Crippen LogP contribution < -0.4 is 9.80 Å². The Bertz CT molecular complexity index is 2660. The highest BCUT2D eigenvalue weighted by Crippen LogP contribution is 2.35. The van der Waals surface area contributed by atoms with Gasteiger partial charge >= 0.3 is 0 Å². The van der Waals surface area contributed by atoms with Crippen molar-refractivity contribution >= 4 is 58.4 Å². The number of anilines is 2. The van der Waals surface area contributed by atoms with Gasteiger partial charge in [0.1, 0.15) is 0 Å². The van der Waals surface area contributed by atoms with Gasteiger partial charge in [-0.05, 0) is 98.0 Å². The third kappa shape index (κ3) is 5.12. The van der Waals surface area contributed by atoms with E-state index in [0.717, 1.165) is 25.8 Å². The zero-order valence-corrected chi connectivity index (χ0v) is 29.5. The molecule has 0 unspecified atom stereocenters. The fourth-order valence-electron chi connectivity index (χ4n) is 7.34. The minimum atomic E-state index is -0.575. The fourth-order valence-corrected chi connectivity index (χ4v) is 7.34. The Morgan fingerprint density at radius 3 is 1.28 bits per heavy atom. The molecule has 3 heterocycles. The van der Waals surface area contributed by atoms with Crippen molar-refractivity contribution in [2.24, 2.45) is 0 Å². The standard InChI is InChI=1S/C43H29N3O8/c1-21-15-24(5-13-35(21)45-40(51)30-10-7-26(23(3)47)18-33(30)42(45)53)17-25-6-14-36(22(2)16-25)46-41(52)31-12-9-28(20-34(31)43(46)54)37(48)27-8-11-29-32(19-27)39(50)44(4)38(29)49/h5-16,18-20H,17H2,1-4H3. The molecule has 11 heteroatoms. The molecule has 0 atom stereocenters. The van der Waals surface area contributed by atoms with Crippen molar-refractivity contribution in [1.82, 2.24) is 4.90 Å². The van der Waals surface area contributed by atoms with Crippen LogP contribution in [0.2, 0.25) is 0 Å². The van der Waals surface area contributed by atoms with Crippen LogP contribution >= 0.6 is 0 Å². The summed E-state index contributed by atoms with van der Waals surface area (Å²) < 4.78 is 0. The van der Waals surface area contributed by atoms with Crippen molar-refractivity contribution in [3.05, 3.63) is 163 Å². The molecular weight excluding hydrogens is 686 g/mol. The second kappa shape index (κ2) is 12.2. The Morgan fingerprint density at radius 1 is 0.463 bits per heavy atom. The normalized spacial score (nSPS) is 14.6. The molecule has 0 fully saturated rings. The average Bonchev–Trinajstić information content (AvgIpc) is 3.65.